The first-order chi connectivity index (χ1) is 12.7. The number of carbonyl (C=O) groups is 3. The van der Waals surface area contributed by atoms with Crippen molar-refractivity contribution in [3.8, 4) is 0 Å². The molecule has 0 unspecified atom stereocenters. The normalized spacial score (nSPS) is 19.3. The van der Waals surface area contributed by atoms with Crippen LogP contribution in [0.15, 0.2) is 24.3 Å². The third-order valence-corrected chi connectivity index (χ3v) is 5.48. The van der Waals surface area contributed by atoms with Gasteiger partial charge in [0.15, 0.2) is 5.78 Å². The van der Waals surface area contributed by atoms with Crippen molar-refractivity contribution >= 4 is 29.3 Å². The Morgan fingerprint density at radius 3 is 2.30 bits per heavy atom. The lowest BCUT2D eigenvalue weighted by Crippen LogP contribution is -2.30. The molecular formula is C20H21ClN2O4. The summed E-state index contributed by atoms with van der Waals surface area (Å²) in [4.78, 5) is 41.1. The van der Waals surface area contributed by atoms with E-state index < -0.39 is 11.9 Å². The summed E-state index contributed by atoms with van der Waals surface area (Å²) in [5.74, 6) is -2.34. The number of hydrogen-bond donors (Lipinski definition) is 2. The Bertz CT molecular complexity index is 917. The number of H-pyrrole nitrogens is 1. The number of hydrogen-bond acceptors (Lipinski definition) is 3. The van der Waals surface area contributed by atoms with Gasteiger partial charge in [-0.05, 0) is 44.0 Å². The number of nitrogens with zero attached hydrogens (tertiary/aromatic N) is 1. The number of benzene rings is 1. The standard InChI is InChI=1S/C20H21ClN2O4/c1-10-17(12(3)24)11(2)22-18(10)19(25)23-8-15(16(9-23)20(26)27)13-4-6-14(21)7-5-13/h4-7,15-16,22H,8-9H2,1-3H3,(H,26,27)/t15-,16+/m0/s1. The van der Waals surface area contributed by atoms with E-state index in [4.69, 9.17) is 11.6 Å². The molecule has 6 nitrogen and oxygen atoms in total. The van der Waals surface area contributed by atoms with Crippen LogP contribution in [0.1, 0.15) is 50.5 Å². The number of ketones is 1. The van der Waals surface area contributed by atoms with Crippen LogP contribution in [0.3, 0.4) is 0 Å². The van der Waals surface area contributed by atoms with Gasteiger partial charge in [0.1, 0.15) is 5.69 Å². The van der Waals surface area contributed by atoms with Gasteiger partial charge in [0.25, 0.3) is 5.91 Å². The smallest absolute Gasteiger partial charge is 0.308 e. The van der Waals surface area contributed by atoms with E-state index >= 15 is 0 Å². The molecule has 0 saturated carbocycles. The minimum Gasteiger partial charge on any atom is -0.481 e. The Balaban J connectivity index is 1.91. The lowest BCUT2D eigenvalue weighted by molar-refractivity contribution is -0.141. The second-order valence-corrected chi connectivity index (χ2v) is 7.43. The van der Waals surface area contributed by atoms with Crippen LogP contribution in [-0.4, -0.2) is 45.7 Å². The van der Waals surface area contributed by atoms with Crippen molar-refractivity contribution in [3.05, 3.63) is 57.4 Å². The van der Waals surface area contributed by atoms with E-state index in [-0.39, 0.29) is 24.2 Å². The van der Waals surface area contributed by atoms with Crippen molar-refractivity contribution in [1.82, 2.24) is 9.88 Å². The fourth-order valence-corrected chi connectivity index (χ4v) is 4.04. The van der Waals surface area contributed by atoms with E-state index in [0.717, 1.165) is 5.56 Å². The SMILES string of the molecule is CC(=O)c1c(C)[nH]c(C(=O)N2C[C@@H](C(=O)O)[C@H](c3ccc(Cl)cc3)C2)c1C. The number of amides is 1. The second-order valence-electron chi connectivity index (χ2n) is 6.99. The topological polar surface area (TPSA) is 90.5 Å². The highest BCUT2D eigenvalue weighted by Gasteiger charge is 2.41. The van der Waals surface area contributed by atoms with Gasteiger partial charge >= 0.3 is 5.97 Å². The first-order valence-electron chi connectivity index (χ1n) is 8.68. The molecule has 2 heterocycles. The number of carboxylic acids is 1. The number of carbonyl (C=O) groups excluding carboxylic acids is 2. The van der Waals surface area contributed by atoms with E-state index in [2.05, 4.69) is 4.98 Å². The molecule has 2 N–H and O–H groups in total. The molecule has 3 rings (SSSR count). The van der Waals surface area contributed by atoms with Crippen LogP contribution in [0.4, 0.5) is 0 Å². The van der Waals surface area contributed by atoms with Gasteiger partial charge in [-0.1, -0.05) is 23.7 Å². The molecule has 1 fully saturated rings. The predicted octanol–water partition coefficient (Wildman–Crippen LogP) is 3.43. The summed E-state index contributed by atoms with van der Waals surface area (Å²) in [6, 6.07) is 7.04. The molecule has 2 atom stereocenters. The van der Waals surface area contributed by atoms with E-state index in [1.165, 1.54) is 6.92 Å². The zero-order chi connectivity index (χ0) is 19.9. The van der Waals surface area contributed by atoms with Crippen molar-refractivity contribution in [2.24, 2.45) is 5.92 Å². The number of aliphatic carboxylic acids is 1. The van der Waals surface area contributed by atoms with Crippen LogP contribution < -0.4 is 0 Å². The summed E-state index contributed by atoms with van der Waals surface area (Å²) in [5, 5.41) is 10.2. The molecule has 0 aliphatic carbocycles. The summed E-state index contributed by atoms with van der Waals surface area (Å²) in [7, 11) is 0. The van der Waals surface area contributed by atoms with Gasteiger partial charge in [-0.25, -0.2) is 0 Å². The summed E-state index contributed by atoms with van der Waals surface area (Å²) >= 11 is 5.92. The molecule has 2 aromatic rings. The van der Waals surface area contributed by atoms with Gasteiger partial charge < -0.3 is 15.0 Å². The number of aromatic nitrogens is 1. The monoisotopic (exact) mass is 388 g/mol. The average molecular weight is 389 g/mol. The van der Waals surface area contributed by atoms with E-state index in [1.807, 2.05) is 0 Å². The molecule has 1 aliphatic rings. The maximum atomic E-state index is 13.0. The van der Waals surface area contributed by atoms with Crippen LogP contribution in [0.25, 0.3) is 0 Å². The highest BCUT2D eigenvalue weighted by atomic mass is 35.5. The van der Waals surface area contributed by atoms with Gasteiger partial charge in [0.2, 0.25) is 0 Å². The predicted molar refractivity (Wildman–Crippen MR) is 101 cm³/mol. The van der Waals surface area contributed by atoms with Crippen LogP contribution in [-0.2, 0) is 4.79 Å². The lowest BCUT2D eigenvalue weighted by atomic mass is 9.89. The molecule has 142 valence electrons. The number of halogens is 1. The van der Waals surface area contributed by atoms with Crippen molar-refractivity contribution < 1.29 is 19.5 Å². The average Bonchev–Trinajstić information content (AvgIpc) is 3.16. The molecule has 0 spiro atoms. The number of nitrogens with one attached hydrogen (secondary N) is 1. The Hall–Kier alpha value is -2.60. The zero-order valence-corrected chi connectivity index (χ0v) is 16.1. The molecule has 7 heteroatoms. The number of likely N-dealkylation sites (tertiary alicyclic amines) is 1. The molecule has 1 aromatic heterocycles. The summed E-state index contributed by atoms with van der Waals surface area (Å²) in [6.45, 7) is 5.36. The molecule has 1 saturated heterocycles. The van der Waals surface area contributed by atoms with Gasteiger partial charge in [0, 0.05) is 35.3 Å². The number of aromatic amines is 1. The summed E-state index contributed by atoms with van der Waals surface area (Å²) in [6.07, 6.45) is 0. The van der Waals surface area contributed by atoms with Crippen molar-refractivity contribution in [1.29, 1.82) is 0 Å². The highest BCUT2D eigenvalue weighted by Crippen LogP contribution is 2.34. The molecule has 0 radical (unpaired) electrons. The molecule has 1 aromatic carbocycles. The van der Waals surface area contributed by atoms with Crippen LogP contribution >= 0.6 is 11.6 Å². The Morgan fingerprint density at radius 2 is 1.78 bits per heavy atom. The lowest BCUT2D eigenvalue weighted by Gasteiger charge is -2.16. The second kappa shape index (κ2) is 7.19. The third-order valence-electron chi connectivity index (χ3n) is 5.23. The van der Waals surface area contributed by atoms with Gasteiger partial charge in [0.05, 0.1) is 5.92 Å². The minimum absolute atomic E-state index is 0.107. The fourth-order valence-electron chi connectivity index (χ4n) is 3.92. The van der Waals surface area contributed by atoms with E-state index in [1.54, 1.807) is 43.0 Å². The number of Topliss-reactive ketones (excluding diaryl/α,β-unsaturated/α-hetero) is 1. The number of carboxylic acid groups (broad SMARTS) is 1. The molecule has 27 heavy (non-hydrogen) atoms. The first-order valence-corrected chi connectivity index (χ1v) is 9.06. The maximum Gasteiger partial charge on any atom is 0.308 e. The number of aryl methyl sites for hydroxylation is 1. The molecule has 1 aliphatic heterocycles. The summed E-state index contributed by atoms with van der Waals surface area (Å²) in [5.41, 5.74) is 2.95. The third kappa shape index (κ3) is 3.49. The van der Waals surface area contributed by atoms with Crippen LogP contribution in [0.2, 0.25) is 5.02 Å². The van der Waals surface area contributed by atoms with Gasteiger partial charge in [-0.2, -0.15) is 0 Å². The van der Waals surface area contributed by atoms with Crippen LogP contribution in [0, 0.1) is 19.8 Å². The van der Waals surface area contributed by atoms with E-state index in [0.29, 0.717) is 34.1 Å². The molecule has 0 bridgehead atoms. The largest absolute Gasteiger partial charge is 0.481 e. The summed E-state index contributed by atoms with van der Waals surface area (Å²) < 4.78 is 0. The van der Waals surface area contributed by atoms with Crippen molar-refractivity contribution in [2.75, 3.05) is 13.1 Å². The van der Waals surface area contributed by atoms with Crippen molar-refractivity contribution in [3.63, 3.8) is 0 Å². The Morgan fingerprint density at radius 1 is 1.15 bits per heavy atom. The van der Waals surface area contributed by atoms with E-state index in [9.17, 15) is 19.5 Å². The zero-order valence-electron chi connectivity index (χ0n) is 15.4. The maximum absolute atomic E-state index is 13.0. The quantitative estimate of drug-likeness (QED) is 0.785. The van der Waals surface area contributed by atoms with Gasteiger partial charge in [-0.15, -0.1) is 0 Å². The minimum atomic E-state index is -0.936. The van der Waals surface area contributed by atoms with Crippen LogP contribution in [0.5, 0.6) is 0 Å². The highest BCUT2D eigenvalue weighted by molar-refractivity contribution is 6.30. The molecule has 1 amide bonds. The Labute approximate surface area is 162 Å². The molecular weight excluding hydrogens is 368 g/mol. The fraction of sp³-hybridized carbons (Fsp3) is 0.350. The number of rotatable bonds is 4. The first kappa shape index (κ1) is 19.2. The Kier molecular flexibility index (Phi) is 5.11. The van der Waals surface area contributed by atoms with Gasteiger partial charge in [-0.3, -0.25) is 14.4 Å². The van der Waals surface area contributed by atoms with Crippen molar-refractivity contribution in [2.45, 2.75) is 26.7 Å².